The van der Waals surface area contributed by atoms with Gasteiger partial charge in [-0.3, -0.25) is 0 Å². The SMILES string of the molecule is CCOC(CC)NC(=S)c1ccc(Cl)cc1. The summed E-state index contributed by atoms with van der Waals surface area (Å²) in [7, 11) is 0. The van der Waals surface area contributed by atoms with Gasteiger partial charge in [-0.15, -0.1) is 0 Å². The molecule has 0 saturated heterocycles. The van der Waals surface area contributed by atoms with Gasteiger partial charge in [0.15, 0.2) is 0 Å². The van der Waals surface area contributed by atoms with Gasteiger partial charge in [0.1, 0.15) is 11.2 Å². The van der Waals surface area contributed by atoms with E-state index in [-0.39, 0.29) is 6.23 Å². The van der Waals surface area contributed by atoms with Crippen LogP contribution in [-0.2, 0) is 4.74 Å². The first kappa shape index (κ1) is 13.4. The third-order valence-corrected chi connectivity index (χ3v) is 2.74. The summed E-state index contributed by atoms with van der Waals surface area (Å²) in [6.45, 7) is 4.70. The predicted molar refractivity (Wildman–Crippen MR) is 72.0 cm³/mol. The molecular formula is C12H16ClNOS. The van der Waals surface area contributed by atoms with E-state index in [0.29, 0.717) is 16.6 Å². The van der Waals surface area contributed by atoms with E-state index >= 15 is 0 Å². The minimum Gasteiger partial charge on any atom is -0.359 e. The Morgan fingerprint density at radius 2 is 2.00 bits per heavy atom. The number of halogens is 1. The summed E-state index contributed by atoms with van der Waals surface area (Å²) in [6.07, 6.45) is 0.856. The van der Waals surface area contributed by atoms with Crippen LogP contribution in [0.1, 0.15) is 25.8 Å². The first-order chi connectivity index (χ1) is 7.67. The third kappa shape index (κ3) is 4.08. The monoisotopic (exact) mass is 257 g/mol. The Morgan fingerprint density at radius 1 is 1.38 bits per heavy atom. The van der Waals surface area contributed by atoms with Crippen molar-refractivity contribution in [3.05, 3.63) is 34.9 Å². The molecule has 1 unspecified atom stereocenters. The van der Waals surface area contributed by atoms with E-state index in [2.05, 4.69) is 12.2 Å². The summed E-state index contributed by atoms with van der Waals surface area (Å²) in [5.74, 6) is 0. The first-order valence-corrected chi connectivity index (χ1v) is 6.14. The third-order valence-electron chi connectivity index (χ3n) is 2.14. The fraction of sp³-hybridized carbons (Fsp3) is 0.417. The standard InChI is InChI=1S/C12H16ClNOS/c1-3-11(15-4-2)14-12(16)9-5-7-10(13)8-6-9/h5-8,11H,3-4H2,1-2H3,(H,14,16). The van der Waals surface area contributed by atoms with Crippen molar-refractivity contribution in [2.75, 3.05) is 6.61 Å². The summed E-state index contributed by atoms with van der Waals surface area (Å²) < 4.78 is 5.48. The molecule has 0 bridgehead atoms. The van der Waals surface area contributed by atoms with E-state index in [9.17, 15) is 0 Å². The van der Waals surface area contributed by atoms with Crippen LogP contribution >= 0.6 is 23.8 Å². The zero-order valence-corrected chi connectivity index (χ0v) is 11.1. The van der Waals surface area contributed by atoms with Gasteiger partial charge >= 0.3 is 0 Å². The van der Waals surface area contributed by atoms with Gasteiger partial charge in [-0.05, 0) is 25.5 Å². The lowest BCUT2D eigenvalue weighted by Crippen LogP contribution is -2.35. The van der Waals surface area contributed by atoms with Gasteiger partial charge in [0.05, 0.1) is 0 Å². The second-order valence-corrected chi connectivity index (χ2v) is 4.18. The van der Waals surface area contributed by atoms with Crippen molar-refractivity contribution in [2.45, 2.75) is 26.5 Å². The molecule has 16 heavy (non-hydrogen) atoms. The molecule has 0 fully saturated rings. The lowest BCUT2D eigenvalue weighted by atomic mass is 10.2. The van der Waals surface area contributed by atoms with Crippen LogP contribution in [0.4, 0.5) is 0 Å². The highest BCUT2D eigenvalue weighted by Gasteiger charge is 2.08. The molecule has 1 aromatic rings. The minimum absolute atomic E-state index is 0.0202. The molecule has 1 N–H and O–H groups in total. The fourth-order valence-corrected chi connectivity index (χ4v) is 1.69. The molecule has 0 radical (unpaired) electrons. The number of ether oxygens (including phenoxy) is 1. The second kappa shape index (κ2) is 6.84. The number of hydrogen-bond acceptors (Lipinski definition) is 2. The van der Waals surface area contributed by atoms with Gasteiger partial charge in [0, 0.05) is 17.2 Å². The molecule has 0 heterocycles. The summed E-state index contributed by atoms with van der Waals surface area (Å²) in [5, 5.41) is 3.88. The molecule has 0 aromatic heterocycles. The van der Waals surface area contributed by atoms with E-state index < -0.39 is 0 Å². The van der Waals surface area contributed by atoms with Gasteiger partial charge in [-0.25, -0.2) is 0 Å². The Bertz CT molecular complexity index is 339. The van der Waals surface area contributed by atoms with Crippen LogP contribution in [-0.4, -0.2) is 17.8 Å². The van der Waals surface area contributed by atoms with Crippen molar-refractivity contribution in [1.82, 2.24) is 5.32 Å². The number of rotatable bonds is 5. The maximum Gasteiger partial charge on any atom is 0.128 e. The molecule has 1 aromatic carbocycles. The molecule has 0 spiro atoms. The number of nitrogens with one attached hydrogen (secondary N) is 1. The van der Waals surface area contributed by atoms with Crippen molar-refractivity contribution in [3.63, 3.8) is 0 Å². The van der Waals surface area contributed by atoms with Crippen LogP contribution in [0.3, 0.4) is 0 Å². The number of hydrogen-bond donors (Lipinski definition) is 1. The van der Waals surface area contributed by atoms with Crippen molar-refractivity contribution in [3.8, 4) is 0 Å². The van der Waals surface area contributed by atoms with Crippen LogP contribution in [0.25, 0.3) is 0 Å². The largest absolute Gasteiger partial charge is 0.359 e. The Hall–Kier alpha value is -0.640. The summed E-state index contributed by atoms with van der Waals surface area (Å²) in [4.78, 5) is 0.692. The highest BCUT2D eigenvalue weighted by Crippen LogP contribution is 2.10. The molecule has 0 amide bonds. The van der Waals surface area contributed by atoms with Crippen LogP contribution in [0, 0.1) is 0 Å². The predicted octanol–water partition coefficient (Wildman–Crippen LogP) is 3.38. The van der Waals surface area contributed by atoms with E-state index in [1.807, 2.05) is 31.2 Å². The topological polar surface area (TPSA) is 21.3 Å². The first-order valence-electron chi connectivity index (χ1n) is 5.35. The van der Waals surface area contributed by atoms with Crippen LogP contribution in [0.15, 0.2) is 24.3 Å². The van der Waals surface area contributed by atoms with E-state index in [1.54, 1.807) is 0 Å². The molecule has 0 saturated carbocycles. The average Bonchev–Trinajstić information content (AvgIpc) is 2.29. The maximum atomic E-state index is 5.81. The van der Waals surface area contributed by atoms with Gasteiger partial charge in [0.2, 0.25) is 0 Å². The smallest absolute Gasteiger partial charge is 0.128 e. The van der Waals surface area contributed by atoms with E-state index in [4.69, 9.17) is 28.6 Å². The van der Waals surface area contributed by atoms with Gasteiger partial charge < -0.3 is 10.1 Å². The molecule has 2 nitrogen and oxygen atoms in total. The van der Waals surface area contributed by atoms with E-state index in [0.717, 1.165) is 12.0 Å². The zero-order valence-electron chi connectivity index (χ0n) is 9.50. The zero-order chi connectivity index (χ0) is 12.0. The highest BCUT2D eigenvalue weighted by atomic mass is 35.5. The van der Waals surface area contributed by atoms with Crippen molar-refractivity contribution >= 4 is 28.8 Å². The Morgan fingerprint density at radius 3 is 2.50 bits per heavy atom. The van der Waals surface area contributed by atoms with Crippen LogP contribution in [0.2, 0.25) is 5.02 Å². The minimum atomic E-state index is -0.0202. The van der Waals surface area contributed by atoms with Crippen molar-refractivity contribution in [1.29, 1.82) is 0 Å². The van der Waals surface area contributed by atoms with Crippen LogP contribution < -0.4 is 5.32 Å². The molecule has 0 aliphatic rings. The molecular weight excluding hydrogens is 242 g/mol. The van der Waals surface area contributed by atoms with Gasteiger partial charge in [-0.2, -0.15) is 0 Å². The summed E-state index contributed by atoms with van der Waals surface area (Å²) in [6, 6.07) is 7.45. The highest BCUT2D eigenvalue weighted by molar-refractivity contribution is 7.80. The average molecular weight is 258 g/mol. The second-order valence-electron chi connectivity index (χ2n) is 3.33. The molecule has 0 aliphatic carbocycles. The van der Waals surface area contributed by atoms with Gasteiger partial charge in [0.25, 0.3) is 0 Å². The summed E-state index contributed by atoms with van der Waals surface area (Å²) >= 11 is 11.1. The Kier molecular flexibility index (Phi) is 5.74. The lowest BCUT2D eigenvalue weighted by Gasteiger charge is -2.18. The summed E-state index contributed by atoms with van der Waals surface area (Å²) in [5.41, 5.74) is 0.956. The quantitative estimate of drug-likeness (QED) is 0.646. The molecule has 0 aliphatic heterocycles. The maximum absolute atomic E-state index is 5.81. The molecule has 88 valence electrons. The van der Waals surface area contributed by atoms with Crippen LogP contribution in [0.5, 0.6) is 0 Å². The number of thiocarbonyl (C=S) groups is 1. The number of benzene rings is 1. The molecule has 4 heteroatoms. The molecule has 1 atom stereocenters. The van der Waals surface area contributed by atoms with Gasteiger partial charge in [-0.1, -0.05) is 42.9 Å². The Labute approximate surface area is 107 Å². The fourth-order valence-electron chi connectivity index (χ4n) is 1.29. The van der Waals surface area contributed by atoms with E-state index in [1.165, 1.54) is 0 Å². The molecule has 1 rings (SSSR count). The van der Waals surface area contributed by atoms with Crippen molar-refractivity contribution in [2.24, 2.45) is 0 Å². The Balaban J connectivity index is 2.60. The normalized spacial score (nSPS) is 12.2. The lowest BCUT2D eigenvalue weighted by molar-refractivity contribution is 0.0506. The van der Waals surface area contributed by atoms with Crippen molar-refractivity contribution < 1.29 is 4.74 Å².